The molecule has 1 aliphatic rings. The van der Waals surface area contributed by atoms with E-state index in [-0.39, 0.29) is 12.3 Å². The predicted octanol–water partition coefficient (Wildman–Crippen LogP) is 4.57. The van der Waals surface area contributed by atoms with Crippen LogP contribution >= 0.6 is 0 Å². The third kappa shape index (κ3) is 5.20. The lowest BCUT2D eigenvalue weighted by Crippen LogP contribution is -2.47. The van der Waals surface area contributed by atoms with Crippen molar-refractivity contribution >= 4 is 11.9 Å². The normalized spacial score (nSPS) is 16.3. The van der Waals surface area contributed by atoms with Crippen molar-refractivity contribution in [3.05, 3.63) is 71.3 Å². The van der Waals surface area contributed by atoms with E-state index in [1.54, 1.807) is 4.90 Å². The number of carbonyl (C=O) groups excluding carboxylic acids is 1. The second-order valence-electron chi connectivity index (χ2n) is 7.82. The van der Waals surface area contributed by atoms with Crippen LogP contribution in [0.3, 0.4) is 0 Å². The Hall–Kier alpha value is -2.83. The lowest BCUT2D eigenvalue weighted by Gasteiger charge is -2.39. The third-order valence-electron chi connectivity index (χ3n) is 5.82. The van der Waals surface area contributed by atoms with Crippen LogP contribution in [-0.2, 0) is 28.6 Å². The maximum atomic E-state index is 12.6. The first-order valence-corrected chi connectivity index (χ1v) is 9.91. The minimum atomic E-state index is -4.38. The molecule has 1 saturated heterocycles. The number of aryl methyl sites for hydroxylation is 1. The molecule has 160 valence electrons. The first kappa shape index (κ1) is 21.9. The first-order chi connectivity index (χ1) is 14.2. The molecule has 0 saturated carbocycles. The molecule has 0 unspecified atom stereocenters. The van der Waals surface area contributed by atoms with Gasteiger partial charge in [-0.05, 0) is 48.9 Å². The van der Waals surface area contributed by atoms with E-state index in [9.17, 15) is 27.9 Å². The number of carboxylic acid groups (broad SMARTS) is 1. The lowest BCUT2D eigenvalue weighted by molar-refractivity contribution is -0.154. The SMILES string of the molecule is O=C(CCc1ccc(C(F)(F)F)cc1)N1CCC(Cc2ccccc2)(C(=O)O)CC1. The molecule has 1 heterocycles. The van der Waals surface area contributed by atoms with Gasteiger partial charge in [-0.25, -0.2) is 0 Å². The van der Waals surface area contributed by atoms with Crippen molar-refractivity contribution in [3.63, 3.8) is 0 Å². The van der Waals surface area contributed by atoms with Crippen molar-refractivity contribution in [3.8, 4) is 0 Å². The number of rotatable bonds is 6. The average Bonchev–Trinajstić information content (AvgIpc) is 2.73. The highest BCUT2D eigenvalue weighted by Gasteiger charge is 2.42. The third-order valence-corrected chi connectivity index (χ3v) is 5.82. The van der Waals surface area contributed by atoms with E-state index in [2.05, 4.69) is 0 Å². The molecule has 1 N–H and O–H groups in total. The fourth-order valence-corrected chi connectivity index (χ4v) is 3.91. The number of amides is 1. The van der Waals surface area contributed by atoms with Crippen molar-refractivity contribution in [2.24, 2.45) is 5.41 Å². The Morgan fingerprint density at radius 3 is 2.07 bits per heavy atom. The second kappa shape index (κ2) is 8.90. The number of nitrogens with zero attached hydrogens (tertiary/aromatic N) is 1. The van der Waals surface area contributed by atoms with Crippen LogP contribution in [0.25, 0.3) is 0 Å². The number of hydrogen-bond donors (Lipinski definition) is 1. The number of carbonyl (C=O) groups is 2. The van der Waals surface area contributed by atoms with E-state index >= 15 is 0 Å². The van der Waals surface area contributed by atoms with Crippen LogP contribution in [0, 0.1) is 5.41 Å². The molecule has 4 nitrogen and oxygen atoms in total. The summed E-state index contributed by atoms with van der Waals surface area (Å²) >= 11 is 0. The van der Waals surface area contributed by atoms with E-state index in [1.807, 2.05) is 30.3 Å². The zero-order valence-electron chi connectivity index (χ0n) is 16.5. The minimum Gasteiger partial charge on any atom is -0.481 e. The number of alkyl halides is 3. The zero-order valence-corrected chi connectivity index (χ0v) is 16.5. The Kier molecular flexibility index (Phi) is 6.48. The highest BCUT2D eigenvalue weighted by molar-refractivity contribution is 5.78. The van der Waals surface area contributed by atoms with Gasteiger partial charge in [-0.2, -0.15) is 13.2 Å². The van der Waals surface area contributed by atoms with Gasteiger partial charge in [0, 0.05) is 19.5 Å². The van der Waals surface area contributed by atoms with Crippen LogP contribution in [0.5, 0.6) is 0 Å². The monoisotopic (exact) mass is 419 g/mol. The summed E-state index contributed by atoms with van der Waals surface area (Å²) in [6.45, 7) is 0.732. The molecule has 3 rings (SSSR count). The molecule has 0 spiro atoms. The molecule has 2 aromatic carbocycles. The Morgan fingerprint density at radius 1 is 0.933 bits per heavy atom. The second-order valence-corrected chi connectivity index (χ2v) is 7.82. The molecule has 30 heavy (non-hydrogen) atoms. The number of carboxylic acids is 1. The van der Waals surface area contributed by atoms with Gasteiger partial charge < -0.3 is 10.0 Å². The Morgan fingerprint density at radius 2 is 1.53 bits per heavy atom. The van der Waals surface area contributed by atoms with E-state index in [0.29, 0.717) is 44.3 Å². The van der Waals surface area contributed by atoms with Gasteiger partial charge in [-0.1, -0.05) is 42.5 Å². The van der Waals surface area contributed by atoms with Gasteiger partial charge in [0.25, 0.3) is 0 Å². The number of aliphatic carboxylic acids is 1. The molecule has 0 radical (unpaired) electrons. The predicted molar refractivity (Wildman–Crippen MR) is 106 cm³/mol. The molecule has 1 amide bonds. The zero-order chi connectivity index (χ0) is 21.8. The van der Waals surface area contributed by atoms with Crippen LogP contribution in [-0.4, -0.2) is 35.0 Å². The first-order valence-electron chi connectivity index (χ1n) is 9.91. The van der Waals surface area contributed by atoms with Gasteiger partial charge in [0.15, 0.2) is 0 Å². The molecule has 2 aromatic rings. The number of hydrogen-bond acceptors (Lipinski definition) is 2. The van der Waals surface area contributed by atoms with Crippen molar-refractivity contribution in [2.75, 3.05) is 13.1 Å². The summed E-state index contributed by atoms with van der Waals surface area (Å²) in [5.41, 5.74) is 0.0299. The lowest BCUT2D eigenvalue weighted by atomic mass is 9.73. The van der Waals surface area contributed by atoms with Gasteiger partial charge >= 0.3 is 12.1 Å². The molecule has 1 aliphatic heterocycles. The largest absolute Gasteiger partial charge is 0.481 e. The average molecular weight is 419 g/mol. The van der Waals surface area contributed by atoms with Crippen LogP contribution in [0.1, 0.15) is 36.0 Å². The summed E-state index contributed by atoms with van der Waals surface area (Å²) < 4.78 is 37.9. The smallest absolute Gasteiger partial charge is 0.416 e. The molecule has 1 fully saturated rings. The number of benzene rings is 2. The van der Waals surface area contributed by atoms with Crippen LogP contribution in [0.2, 0.25) is 0 Å². The van der Waals surface area contributed by atoms with Crippen molar-refractivity contribution in [2.45, 2.75) is 38.3 Å². The summed E-state index contributed by atoms with van der Waals surface area (Å²) in [7, 11) is 0. The Bertz CT molecular complexity index is 871. The summed E-state index contributed by atoms with van der Waals surface area (Å²) in [6, 6.07) is 14.3. The van der Waals surface area contributed by atoms with E-state index in [4.69, 9.17) is 0 Å². The number of halogens is 3. The van der Waals surface area contributed by atoms with Crippen molar-refractivity contribution < 1.29 is 27.9 Å². The molecule has 0 aliphatic carbocycles. The summed E-state index contributed by atoms with van der Waals surface area (Å²) in [4.78, 5) is 26.2. The molecule has 0 atom stereocenters. The fourth-order valence-electron chi connectivity index (χ4n) is 3.91. The van der Waals surface area contributed by atoms with Gasteiger partial charge in [0.05, 0.1) is 11.0 Å². The Labute approximate surface area is 173 Å². The van der Waals surface area contributed by atoms with Crippen LogP contribution in [0.15, 0.2) is 54.6 Å². The molecular weight excluding hydrogens is 395 g/mol. The topological polar surface area (TPSA) is 57.6 Å². The molecular formula is C23H24F3NO3. The van der Waals surface area contributed by atoms with Crippen molar-refractivity contribution in [1.29, 1.82) is 0 Å². The maximum Gasteiger partial charge on any atom is 0.416 e. The summed E-state index contributed by atoms with van der Waals surface area (Å²) in [5.74, 6) is -0.947. The van der Waals surface area contributed by atoms with Gasteiger partial charge in [0.2, 0.25) is 5.91 Å². The maximum absolute atomic E-state index is 12.6. The van der Waals surface area contributed by atoms with E-state index < -0.39 is 23.1 Å². The van der Waals surface area contributed by atoms with E-state index in [0.717, 1.165) is 17.7 Å². The molecule has 0 aromatic heterocycles. The minimum absolute atomic E-state index is 0.103. The molecule has 0 bridgehead atoms. The molecule has 7 heteroatoms. The fraction of sp³-hybridized carbons (Fsp3) is 0.391. The Balaban J connectivity index is 1.54. The summed E-state index contributed by atoms with van der Waals surface area (Å²) in [5, 5.41) is 9.82. The van der Waals surface area contributed by atoms with Gasteiger partial charge in [-0.15, -0.1) is 0 Å². The number of piperidine rings is 1. The van der Waals surface area contributed by atoms with Crippen LogP contribution in [0.4, 0.5) is 13.2 Å². The quantitative estimate of drug-likeness (QED) is 0.746. The van der Waals surface area contributed by atoms with Crippen molar-refractivity contribution in [1.82, 2.24) is 4.90 Å². The standard InChI is InChI=1S/C23H24F3NO3/c24-23(25,26)19-9-6-17(7-10-19)8-11-20(28)27-14-12-22(13-15-27,21(29)30)16-18-4-2-1-3-5-18/h1-7,9-10H,8,11-16H2,(H,29,30). The highest BCUT2D eigenvalue weighted by atomic mass is 19.4. The van der Waals surface area contributed by atoms with Gasteiger partial charge in [0.1, 0.15) is 0 Å². The van der Waals surface area contributed by atoms with Crippen LogP contribution < -0.4 is 0 Å². The van der Waals surface area contributed by atoms with E-state index in [1.165, 1.54) is 12.1 Å². The summed E-state index contributed by atoms with van der Waals surface area (Å²) in [6.07, 6.45) is -2.66. The highest BCUT2D eigenvalue weighted by Crippen LogP contribution is 2.36. The number of likely N-dealkylation sites (tertiary alicyclic amines) is 1. The van der Waals surface area contributed by atoms with Gasteiger partial charge in [-0.3, -0.25) is 9.59 Å².